The molecule has 4 rings (SSSR count). The first-order valence-electron chi connectivity index (χ1n) is 11.7. The Kier molecular flexibility index (Phi) is 6.86. The maximum Gasteiger partial charge on any atom is 0.170 e. The van der Waals surface area contributed by atoms with Gasteiger partial charge in [-0.1, -0.05) is 12.1 Å². The SMILES string of the molecule is Cc1cc(C)cc(-n2c(C)cc([C@@H]3[C@@H](c4ccccn4)NC(=S)N3CCCN(C)C)c2C)c1. The number of pyridine rings is 1. The van der Waals surface area contributed by atoms with E-state index in [1.807, 2.05) is 12.3 Å². The van der Waals surface area contributed by atoms with E-state index in [0.29, 0.717) is 0 Å². The number of rotatable bonds is 7. The molecule has 0 saturated carbocycles. The van der Waals surface area contributed by atoms with E-state index in [0.717, 1.165) is 30.3 Å². The summed E-state index contributed by atoms with van der Waals surface area (Å²) in [5, 5.41) is 4.40. The molecule has 3 aromatic rings. The first-order chi connectivity index (χ1) is 15.8. The standard InChI is InChI=1S/C27H35N5S/c1-18-14-19(2)16-22(15-18)32-20(3)17-23(21(32)4)26-25(24-10-7-8-11-28-24)29-27(33)31(26)13-9-12-30(5)6/h7-8,10-11,14-17,25-26H,9,12-13H2,1-6H3,(H,29,33)/t25-,26-/m1/s1. The fraction of sp³-hybridized carbons (Fsp3) is 0.407. The van der Waals surface area contributed by atoms with Gasteiger partial charge in [-0.25, -0.2) is 0 Å². The monoisotopic (exact) mass is 461 g/mol. The molecule has 0 spiro atoms. The molecule has 6 heteroatoms. The van der Waals surface area contributed by atoms with Gasteiger partial charge >= 0.3 is 0 Å². The summed E-state index contributed by atoms with van der Waals surface area (Å²) >= 11 is 5.85. The van der Waals surface area contributed by atoms with E-state index in [4.69, 9.17) is 17.2 Å². The summed E-state index contributed by atoms with van der Waals surface area (Å²) in [4.78, 5) is 9.28. The second-order valence-corrected chi connectivity index (χ2v) is 9.87. The van der Waals surface area contributed by atoms with Crippen LogP contribution in [0.4, 0.5) is 0 Å². The highest BCUT2D eigenvalue weighted by Gasteiger charge is 2.41. The number of aryl methyl sites for hydroxylation is 3. The molecule has 1 aliphatic heterocycles. The van der Waals surface area contributed by atoms with Crippen LogP contribution in [-0.2, 0) is 0 Å². The van der Waals surface area contributed by atoms with Crippen molar-refractivity contribution in [1.29, 1.82) is 0 Å². The minimum absolute atomic E-state index is 0.0197. The zero-order valence-corrected chi connectivity index (χ0v) is 21.4. The van der Waals surface area contributed by atoms with Gasteiger partial charge in [-0.15, -0.1) is 0 Å². The van der Waals surface area contributed by atoms with Gasteiger partial charge in [-0.2, -0.15) is 0 Å². The quantitative estimate of drug-likeness (QED) is 0.500. The van der Waals surface area contributed by atoms with Crippen LogP contribution in [-0.4, -0.2) is 51.6 Å². The second kappa shape index (κ2) is 9.65. The Morgan fingerprint density at radius 2 is 1.76 bits per heavy atom. The molecule has 1 fully saturated rings. The molecule has 0 unspecified atom stereocenters. The van der Waals surface area contributed by atoms with Crippen LogP contribution in [0.2, 0.25) is 0 Å². The van der Waals surface area contributed by atoms with Gasteiger partial charge in [0.05, 0.1) is 17.8 Å². The lowest BCUT2D eigenvalue weighted by molar-refractivity contribution is 0.292. The van der Waals surface area contributed by atoms with Crippen molar-refractivity contribution in [3.8, 4) is 5.69 Å². The Hall–Kier alpha value is -2.70. The predicted octanol–water partition coefficient (Wildman–Crippen LogP) is 5.03. The fourth-order valence-corrected chi connectivity index (χ4v) is 5.44. The number of nitrogens with one attached hydrogen (secondary N) is 1. The smallest absolute Gasteiger partial charge is 0.170 e. The van der Waals surface area contributed by atoms with Crippen molar-refractivity contribution in [1.82, 2.24) is 24.7 Å². The van der Waals surface area contributed by atoms with Crippen LogP contribution in [0.25, 0.3) is 5.69 Å². The molecular formula is C27H35N5S. The summed E-state index contributed by atoms with van der Waals surface area (Å²) in [5.74, 6) is 0. The highest BCUT2D eigenvalue weighted by Crippen LogP contribution is 2.41. The summed E-state index contributed by atoms with van der Waals surface area (Å²) in [6.45, 7) is 10.7. The van der Waals surface area contributed by atoms with Crippen LogP contribution in [0.3, 0.4) is 0 Å². The van der Waals surface area contributed by atoms with Gasteiger partial charge < -0.3 is 19.7 Å². The molecule has 1 N–H and O–H groups in total. The number of nitrogens with zero attached hydrogens (tertiary/aromatic N) is 4. The number of thiocarbonyl (C=S) groups is 1. The van der Waals surface area contributed by atoms with Crippen LogP contribution < -0.4 is 5.32 Å². The van der Waals surface area contributed by atoms with Gasteiger partial charge in [-0.05, 0) is 114 Å². The number of aromatic nitrogens is 2. The molecule has 3 heterocycles. The van der Waals surface area contributed by atoms with Crippen LogP contribution in [0.1, 0.15) is 52.3 Å². The molecular weight excluding hydrogens is 426 g/mol. The molecule has 0 amide bonds. The van der Waals surface area contributed by atoms with E-state index in [1.54, 1.807) is 0 Å². The molecule has 1 aliphatic rings. The summed E-state index contributed by atoms with van der Waals surface area (Å²) in [5.41, 5.74) is 8.59. The Labute approximate surface area is 203 Å². The molecule has 1 aromatic carbocycles. The van der Waals surface area contributed by atoms with Crippen LogP contribution >= 0.6 is 12.2 Å². The summed E-state index contributed by atoms with van der Waals surface area (Å²) in [6.07, 6.45) is 2.92. The van der Waals surface area contributed by atoms with E-state index in [2.05, 4.69) is 97.9 Å². The van der Waals surface area contributed by atoms with Gasteiger partial charge in [0.15, 0.2) is 5.11 Å². The molecule has 33 heavy (non-hydrogen) atoms. The van der Waals surface area contributed by atoms with E-state index >= 15 is 0 Å². The zero-order chi connectivity index (χ0) is 23.7. The van der Waals surface area contributed by atoms with Crippen molar-refractivity contribution in [3.05, 3.63) is 82.4 Å². The van der Waals surface area contributed by atoms with Crippen molar-refractivity contribution in [2.45, 2.75) is 46.2 Å². The van der Waals surface area contributed by atoms with E-state index in [9.17, 15) is 0 Å². The molecule has 5 nitrogen and oxygen atoms in total. The average molecular weight is 462 g/mol. The largest absolute Gasteiger partial charge is 0.352 e. The Morgan fingerprint density at radius 1 is 1.03 bits per heavy atom. The Bertz CT molecular complexity index is 1110. The van der Waals surface area contributed by atoms with Gasteiger partial charge in [0.1, 0.15) is 0 Å². The maximum atomic E-state index is 5.85. The van der Waals surface area contributed by atoms with Crippen LogP contribution in [0, 0.1) is 27.7 Å². The third-order valence-corrected chi connectivity index (χ3v) is 6.81. The number of benzene rings is 1. The van der Waals surface area contributed by atoms with Gasteiger partial charge in [0, 0.05) is 29.8 Å². The Morgan fingerprint density at radius 3 is 2.39 bits per heavy atom. The van der Waals surface area contributed by atoms with Gasteiger partial charge in [-0.3, -0.25) is 4.98 Å². The summed E-state index contributed by atoms with van der Waals surface area (Å²) < 4.78 is 2.38. The third-order valence-electron chi connectivity index (χ3n) is 6.46. The van der Waals surface area contributed by atoms with E-state index in [-0.39, 0.29) is 12.1 Å². The van der Waals surface area contributed by atoms with Crippen LogP contribution in [0.15, 0.2) is 48.7 Å². The fourth-order valence-electron chi connectivity index (χ4n) is 5.11. The molecule has 0 radical (unpaired) electrons. The molecule has 174 valence electrons. The second-order valence-electron chi connectivity index (χ2n) is 9.48. The van der Waals surface area contributed by atoms with Crippen molar-refractivity contribution < 1.29 is 0 Å². The lowest BCUT2D eigenvalue weighted by Gasteiger charge is -2.28. The minimum Gasteiger partial charge on any atom is -0.352 e. The van der Waals surface area contributed by atoms with Crippen molar-refractivity contribution in [2.24, 2.45) is 0 Å². The van der Waals surface area contributed by atoms with Crippen LogP contribution in [0.5, 0.6) is 0 Å². The van der Waals surface area contributed by atoms with E-state index < -0.39 is 0 Å². The average Bonchev–Trinajstić information content (AvgIpc) is 3.23. The molecule has 0 aliphatic carbocycles. The maximum absolute atomic E-state index is 5.85. The predicted molar refractivity (Wildman–Crippen MR) is 140 cm³/mol. The molecule has 0 bridgehead atoms. The summed E-state index contributed by atoms with van der Waals surface area (Å²) in [7, 11) is 4.23. The Balaban J connectivity index is 1.78. The number of hydrogen-bond acceptors (Lipinski definition) is 3. The zero-order valence-electron chi connectivity index (χ0n) is 20.6. The number of hydrogen-bond donors (Lipinski definition) is 1. The lowest BCUT2D eigenvalue weighted by Crippen LogP contribution is -2.32. The highest BCUT2D eigenvalue weighted by molar-refractivity contribution is 7.80. The lowest BCUT2D eigenvalue weighted by atomic mass is 9.96. The third kappa shape index (κ3) is 4.82. The van der Waals surface area contributed by atoms with Crippen molar-refractivity contribution in [3.63, 3.8) is 0 Å². The van der Waals surface area contributed by atoms with E-state index in [1.165, 1.54) is 33.8 Å². The van der Waals surface area contributed by atoms with Crippen molar-refractivity contribution >= 4 is 17.3 Å². The molecule has 2 atom stereocenters. The van der Waals surface area contributed by atoms with Crippen molar-refractivity contribution in [2.75, 3.05) is 27.2 Å². The first-order valence-corrected chi connectivity index (χ1v) is 12.1. The van der Waals surface area contributed by atoms with Gasteiger partial charge in [0.25, 0.3) is 0 Å². The molecule has 1 saturated heterocycles. The van der Waals surface area contributed by atoms with Gasteiger partial charge in [0.2, 0.25) is 0 Å². The first kappa shape index (κ1) is 23.5. The normalized spacial score (nSPS) is 18.3. The topological polar surface area (TPSA) is 36.3 Å². The summed E-state index contributed by atoms with van der Waals surface area (Å²) in [6, 6.07) is 15.3. The minimum atomic E-state index is 0.0197. The highest BCUT2D eigenvalue weighted by atomic mass is 32.1. The molecule has 2 aromatic heterocycles.